The van der Waals surface area contributed by atoms with Crippen LogP contribution in [0.3, 0.4) is 0 Å². The van der Waals surface area contributed by atoms with Crippen LogP contribution in [0.2, 0.25) is 0 Å². The molecule has 0 radical (unpaired) electrons. The molecule has 100 valence electrons. The zero-order valence-corrected chi connectivity index (χ0v) is 10.4. The molecule has 5 heteroatoms. The van der Waals surface area contributed by atoms with Gasteiger partial charge in [-0.1, -0.05) is 12.2 Å². The fourth-order valence-electron chi connectivity index (χ4n) is 4.45. The molecule has 4 aliphatic carbocycles. The van der Waals surface area contributed by atoms with Gasteiger partial charge in [-0.2, -0.15) is 0 Å². The number of carbonyl (C=O) groups excluding carboxylic acids is 2. The van der Waals surface area contributed by atoms with E-state index in [2.05, 4.69) is 12.2 Å². The summed E-state index contributed by atoms with van der Waals surface area (Å²) in [4.78, 5) is 36.6. The second kappa shape index (κ2) is 3.46. The van der Waals surface area contributed by atoms with Crippen molar-refractivity contribution in [2.45, 2.75) is 12.8 Å². The average molecular weight is 261 g/mol. The molecule has 1 N–H and O–H groups in total. The van der Waals surface area contributed by atoms with Crippen LogP contribution >= 0.6 is 0 Å². The number of hydrogen-bond donors (Lipinski definition) is 1. The second-order valence-electron chi connectivity index (χ2n) is 6.13. The van der Waals surface area contributed by atoms with Crippen LogP contribution < -0.4 is 0 Å². The molecule has 3 fully saturated rings. The third kappa shape index (κ3) is 1.33. The first-order chi connectivity index (χ1) is 9.09. The van der Waals surface area contributed by atoms with E-state index in [1.807, 2.05) is 0 Å². The van der Waals surface area contributed by atoms with Gasteiger partial charge in [-0.3, -0.25) is 19.3 Å². The topological polar surface area (TPSA) is 74.7 Å². The van der Waals surface area contributed by atoms with Crippen LogP contribution in [0.25, 0.3) is 0 Å². The predicted molar refractivity (Wildman–Crippen MR) is 63.7 cm³/mol. The van der Waals surface area contributed by atoms with Crippen LogP contribution in [0.1, 0.15) is 12.8 Å². The number of imide groups is 1. The number of rotatable bonds is 3. The number of likely N-dealkylation sites (tertiary alicyclic amines) is 1. The largest absolute Gasteiger partial charge is 0.481 e. The van der Waals surface area contributed by atoms with Crippen molar-refractivity contribution in [2.24, 2.45) is 35.5 Å². The Bertz CT molecular complexity index is 490. The van der Waals surface area contributed by atoms with E-state index < -0.39 is 5.97 Å². The van der Waals surface area contributed by atoms with Crippen molar-refractivity contribution in [1.29, 1.82) is 0 Å². The number of carboxylic acids is 1. The van der Waals surface area contributed by atoms with E-state index in [0.717, 1.165) is 6.42 Å². The van der Waals surface area contributed by atoms with Crippen molar-refractivity contribution in [3.05, 3.63) is 12.2 Å². The summed E-state index contributed by atoms with van der Waals surface area (Å²) in [6.45, 7) is 0.0226. The Morgan fingerprint density at radius 1 is 1.16 bits per heavy atom. The van der Waals surface area contributed by atoms with E-state index in [4.69, 9.17) is 5.11 Å². The van der Waals surface area contributed by atoms with Crippen molar-refractivity contribution in [3.63, 3.8) is 0 Å². The number of allylic oxidation sites excluding steroid dienone is 2. The molecule has 19 heavy (non-hydrogen) atoms. The van der Waals surface area contributed by atoms with E-state index >= 15 is 0 Å². The molecule has 0 unspecified atom stereocenters. The summed E-state index contributed by atoms with van der Waals surface area (Å²) < 4.78 is 0. The summed E-state index contributed by atoms with van der Waals surface area (Å²) in [5, 5.41) is 8.71. The Kier molecular flexibility index (Phi) is 2.04. The summed E-state index contributed by atoms with van der Waals surface area (Å²) in [7, 11) is 0. The first-order valence-electron chi connectivity index (χ1n) is 6.85. The SMILES string of the molecule is O=C(O)CCN1C(=O)[C@@H]2[C@H]3C=C[C@@H]([C@@H]4C[C@@H]34)[C@H]2C1=O. The second-order valence-corrected chi connectivity index (χ2v) is 6.13. The number of carbonyl (C=O) groups is 3. The van der Waals surface area contributed by atoms with E-state index in [1.165, 1.54) is 4.90 Å². The van der Waals surface area contributed by atoms with E-state index in [0.29, 0.717) is 11.8 Å². The predicted octanol–water partition coefficient (Wildman–Crippen LogP) is 0.514. The standard InChI is InChI=1S/C14H15NO4/c16-10(17)3-4-15-13(18)11-6-1-2-7(9-5-8(6)9)12(11)14(15)19/h1-2,6-9,11-12H,3-5H2,(H,16,17)/t6-,7-,8-,9-,11+,12+/m0/s1. The maximum absolute atomic E-state index is 12.4. The molecule has 1 aliphatic heterocycles. The van der Waals surface area contributed by atoms with Gasteiger partial charge in [0.1, 0.15) is 0 Å². The molecule has 6 atom stereocenters. The number of nitrogens with zero attached hydrogens (tertiary/aromatic N) is 1. The normalized spacial score (nSPS) is 45.4. The summed E-state index contributed by atoms with van der Waals surface area (Å²) in [6, 6.07) is 0. The van der Waals surface area contributed by atoms with Crippen LogP contribution in [0.5, 0.6) is 0 Å². The van der Waals surface area contributed by atoms with E-state index in [9.17, 15) is 14.4 Å². The van der Waals surface area contributed by atoms with Crippen LogP contribution in [-0.4, -0.2) is 34.3 Å². The first kappa shape index (κ1) is 11.2. The quantitative estimate of drug-likeness (QED) is 0.593. The monoisotopic (exact) mass is 261 g/mol. The van der Waals surface area contributed by atoms with Crippen molar-refractivity contribution < 1.29 is 19.5 Å². The van der Waals surface area contributed by atoms with E-state index in [-0.39, 0.29) is 48.5 Å². The van der Waals surface area contributed by atoms with Crippen molar-refractivity contribution in [3.8, 4) is 0 Å². The van der Waals surface area contributed by atoms with E-state index in [1.54, 1.807) is 0 Å². The van der Waals surface area contributed by atoms with Gasteiger partial charge in [-0.15, -0.1) is 0 Å². The lowest BCUT2D eigenvalue weighted by molar-refractivity contribution is -0.142. The molecule has 2 bridgehead atoms. The van der Waals surface area contributed by atoms with Gasteiger partial charge >= 0.3 is 5.97 Å². The van der Waals surface area contributed by atoms with Crippen molar-refractivity contribution in [1.82, 2.24) is 4.90 Å². The summed E-state index contributed by atoms with van der Waals surface area (Å²) in [6.07, 6.45) is 5.22. The smallest absolute Gasteiger partial charge is 0.305 e. The Hall–Kier alpha value is -1.65. The van der Waals surface area contributed by atoms with Crippen LogP contribution in [-0.2, 0) is 14.4 Å². The van der Waals surface area contributed by atoms with Crippen molar-refractivity contribution >= 4 is 17.8 Å². The van der Waals surface area contributed by atoms with Gasteiger partial charge in [0.15, 0.2) is 0 Å². The minimum atomic E-state index is -0.973. The van der Waals surface area contributed by atoms with Crippen LogP contribution in [0.15, 0.2) is 12.2 Å². The van der Waals surface area contributed by atoms with Gasteiger partial charge in [-0.05, 0) is 30.1 Å². The maximum atomic E-state index is 12.4. The zero-order chi connectivity index (χ0) is 13.3. The summed E-state index contributed by atoms with van der Waals surface area (Å²) >= 11 is 0. The number of aliphatic carboxylic acids is 1. The molecule has 1 heterocycles. The molecule has 5 rings (SSSR count). The molecule has 2 amide bonds. The number of carboxylic acid groups (broad SMARTS) is 1. The number of amides is 2. The fourth-order valence-corrected chi connectivity index (χ4v) is 4.45. The lowest BCUT2D eigenvalue weighted by Gasteiger charge is -2.37. The van der Waals surface area contributed by atoms with Gasteiger partial charge in [-0.25, -0.2) is 0 Å². The lowest BCUT2D eigenvalue weighted by atomic mass is 9.63. The van der Waals surface area contributed by atoms with Gasteiger partial charge in [0.2, 0.25) is 11.8 Å². The highest BCUT2D eigenvalue weighted by molar-refractivity contribution is 6.06. The minimum Gasteiger partial charge on any atom is -0.481 e. The fraction of sp³-hybridized carbons (Fsp3) is 0.643. The molecule has 0 spiro atoms. The minimum absolute atomic E-state index is 0.0226. The van der Waals surface area contributed by atoms with Gasteiger partial charge in [0.25, 0.3) is 0 Å². The summed E-state index contributed by atoms with van der Waals surface area (Å²) in [5.41, 5.74) is 0. The molecule has 0 aromatic carbocycles. The third-order valence-corrected chi connectivity index (χ3v) is 5.30. The molecular formula is C14H15NO4. The van der Waals surface area contributed by atoms with Gasteiger partial charge in [0, 0.05) is 6.54 Å². The van der Waals surface area contributed by atoms with Gasteiger partial charge in [0.05, 0.1) is 18.3 Å². The molecule has 2 saturated carbocycles. The Morgan fingerprint density at radius 3 is 2.16 bits per heavy atom. The lowest BCUT2D eigenvalue weighted by Crippen LogP contribution is -2.40. The van der Waals surface area contributed by atoms with Crippen LogP contribution in [0, 0.1) is 35.5 Å². The highest BCUT2D eigenvalue weighted by atomic mass is 16.4. The Morgan fingerprint density at radius 2 is 1.68 bits per heavy atom. The Balaban J connectivity index is 1.63. The molecule has 5 aliphatic rings. The molecule has 0 aromatic rings. The highest BCUT2D eigenvalue weighted by Crippen LogP contribution is 2.65. The molecule has 1 saturated heterocycles. The van der Waals surface area contributed by atoms with Crippen molar-refractivity contribution in [2.75, 3.05) is 6.54 Å². The molecule has 0 aromatic heterocycles. The van der Waals surface area contributed by atoms with Gasteiger partial charge < -0.3 is 5.11 Å². The maximum Gasteiger partial charge on any atom is 0.305 e. The van der Waals surface area contributed by atoms with Crippen LogP contribution in [0.4, 0.5) is 0 Å². The first-order valence-corrected chi connectivity index (χ1v) is 6.85. The summed E-state index contributed by atoms with van der Waals surface area (Å²) in [5.74, 6) is -0.0567. The number of hydrogen-bond acceptors (Lipinski definition) is 3. The molecular weight excluding hydrogens is 246 g/mol. The average Bonchev–Trinajstić information content (AvgIpc) is 3.14. The third-order valence-electron chi connectivity index (χ3n) is 5.30. The zero-order valence-electron chi connectivity index (χ0n) is 10.4. The Labute approximate surface area is 110 Å². The highest BCUT2D eigenvalue weighted by Gasteiger charge is 2.66. The molecule has 5 nitrogen and oxygen atoms in total.